The van der Waals surface area contributed by atoms with Gasteiger partial charge in [0.1, 0.15) is 5.75 Å². The third-order valence-electron chi connectivity index (χ3n) is 3.44. The zero-order valence-electron chi connectivity index (χ0n) is 13.4. The van der Waals surface area contributed by atoms with Crippen molar-refractivity contribution in [1.82, 2.24) is 4.90 Å². The summed E-state index contributed by atoms with van der Waals surface area (Å²) in [6.07, 6.45) is 2.09. The first kappa shape index (κ1) is 18.0. The first-order chi connectivity index (χ1) is 10.0. The highest BCUT2D eigenvalue weighted by Crippen LogP contribution is 2.18. The fourth-order valence-electron chi connectivity index (χ4n) is 2.38. The van der Waals surface area contributed by atoms with Crippen LogP contribution in [0, 0.1) is 0 Å². The van der Waals surface area contributed by atoms with Gasteiger partial charge in [0.2, 0.25) is 0 Å². The van der Waals surface area contributed by atoms with E-state index < -0.39 is 0 Å². The summed E-state index contributed by atoms with van der Waals surface area (Å²) < 4.78 is 5.61. The Labute approximate surface area is 136 Å². The Kier molecular flexibility index (Phi) is 7.79. The Morgan fingerprint density at radius 2 is 1.76 bits per heavy atom. The molecule has 1 rings (SSSR count). The standard InChI is InChI=1S/C17H26BrNO2/c1-5-15(6-2)19(12-11-18)17(20)14-7-9-16(10-8-14)21-13(3)4/h7-10,13,15H,5-6,11-12H2,1-4H3. The molecule has 4 heteroatoms. The highest BCUT2D eigenvalue weighted by Gasteiger charge is 2.21. The van der Waals surface area contributed by atoms with E-state index in [4.69, 9.17) is 4.74 Å². The number of amides is 1. The number of rotatable bonds is 8. The van der Waals surface area contributed by atoms with Gasteiger partial charge < -0.3 is 9.64 Å². The summed E-state index contributed by atoms with van der Waals surface area (Å²) in [5.41, 5.74) is 0.721. The SMILES string of the molecule is CCC(CC)N(CCBr)C(=O)c1ccc(OC(C)C)cc1. The summed E-state index contributed by atoms with van der Waals surface area (Å²) in [6, 6.07) is 7.73. The van der Waals surface area contributed by atoms with Crippen LogP contribution in [0.2, 0.25) is 0 Å². The molecule has 0 fully saturated rings. The highest BCUT2D eigenvalue weighted by atomic mass is 79.9. The molecule has 0 heterocycles. The molecule has 0 aliphatic rings. The monoisotopic (exact) mass is 355 g/mol. The molecular weight excluding hydrogens is 330 g/mol. The molecule has 0 aliphatic heterocycles. The van der Waals surface area contributed by atoms with E-state index in [0.717, 1.165) is 36.0 Å². The van der Waals surface area contributed by atoms with E-state index in [1.165, 1.54) is 0 Å². The van der Waals surface area contributed by atoms with Gasteiger partial charge in [-0.15, -0.1) is 0 Å². The van der Waals surface area contributed by atoms with Crippen LogP contribution in [0.1, 0.15) is 50.9 Å². The first-order valence-electron chi connectivity index (χ1n) is 7.67. The molecule has 0 N–H and O–H groups in total. The predicted molar refractivity (Wildman–Crippen MR) is 91.4 cm³/mol. The number of alkyl halides is 1. The van der Waals surface area contributed by atoms with Crippen LogP contribution in [0.4, 0.5) is 0 Å². The molecule has 0 aromatic heterocycles. The molecule has 21 heavy (non-hydrogen) atoms. The Morgan fingerprint density at radius 1 is 1.19 bits per heavy atom. The number of carbonyl (C=O) groups excluding carboxylic acids is 1. The molecule has 0 radical (unpaired) electrons. The Hall–Kier alpha value is -1.03. The topological polar surface area (TPSA) is 29.5 Å². The minimum atomic E-state index is 0.0965. The van der Waals surface area contributed by atoms with Gasteiger partial charge >= 0.3 is 0 Å². The van der Waals surface area contributed by atoms with Crippen LogP contribution in [0.5, 0.6) is 5.75 Å². The van der Waals surface area contributed by atoms with Gasteiger partial charge in [0.05, 0.1) is 6.10 Å². The fourth-order valence-corrected chi connectivity index (χ4v) is 2.77. The molecular formula is C17H26BrNO2. The molecule has 0 saturated heterocycles. The summed E-state index contributed by atoms with van der Waals surface area (Å²) in [5.74, 6) is 0.898. The lowest BCUT2D eigenvalue weighted by Gasteiger charge is -2.30. The summed E-state index contributed by atoms with van der Waals surface area (Å²) in [5, 5.41) is 0.795. The maximum atomic E-state index is 12.7. The van der Waals surface area contributed by atoms with Crippen LogP contribution in [0.15, 0.2) is 24.3 Å². The lowest BCUT2D eigenvalue weighted by atomic mass is 10.1. The normalized spacial score (nSPS) is 11.0. The second kappa shape index (κ2) is 9.08. The third kappa shape index (κ3) is 5.34. The molecule has 3 nitrogen and oxygen atoms in total. The van der Waals surface area contributed by atoms with E-state index in [0.29, 0.717) is 6.04 Å². The van der Waals surface area contributed by atoms with Crippen molar-refractivity contribution in [3.63, 3.8) is 0 Å². The molecule has 0 aliphatic carbocycles. The molecule has 0 bridgehead atoms. The van der Waals surface area contributed by atoms with Gasteiger partial charge in [-0.3, -0.25) is 4.79 Å². The van der Waals surface area contributed by atoms with E-state index in [1.54, 1.807) is 0 Å². The van der Waals surface area contributed by atoms with Crippen molar-refractivity contribution in [2.45, 2.75) is 52.7 Å². The summed E-state index contributed by atoms with van der Waals surface area (Å²) >= 11 is 3.44. The van der Waals surface area contributed by atoms with Crippen LogP contribution >= 0.6 is 15.9 Å². The molecule has 0 saturated carbocycles. The molecule has 0 atom stereocenters. The van der Waals surface area contributed by atoms with Gasteiger partial charge in [-0.05, 0) is 51.0 Å². The van der Waals surface area contributed by atoms with E-state index in [9.17, 15) is 4.79 Å². The zero-order chi connectivity index (χ0) is 15.8. The van der Waals surface area contributed by atoms with Crippen molar-refractivity contribution in [2.75, 3.05) is 11.9 Å². The van der Waals surface area contributed by atoms with Crippen LogP contribution < -0.4 is 4.74 Å². The largest absolute Gasteiger partial charge is 0.491 e. The smallest absolute Gasteiger partial charge is 0.254 e. The second-order valence-corrected chi connectivity index (χ2v) is 6.14. The zero-order valence-corrected chi connectivity index (χ0v) is 15.0. The molecule has 1 aromatic rings. The van der Waals surface area contributed by atoms with Crippen LogP contribution in [-0.4, -0.2) is 34.8 Å². The van der Waals surface area contributed by atoms with Crippen molar-refractivity contribution in [2.24, 2.45) is 0 Å². The van der Waals surface area contributed by atoms with Gasteiger partial charge in [-0.1, -0.05) is 29.8 Å². The number of ether oxygens (including phenoxy) is 1. The second-order valence-electron chi connectivity index (χ2n) is 5.35. The van der Waals surface area contributed by atoms with Crippen molar-refractivity contribution in [3.05, 3.63) is 29.8 Å². The van der Waals surface area contributed by atoms with E-state index >= 15 is 0 Å². The van der Waals surface area contributed by atoms with Gasteiger partial charge in [-0.25, -0.2) is 0 Å². The average molecular weight is 356 g/mol. The van der Waals surface area contributed by atoms with E-state index in [1.807, 2.05) is 43.0 Å². The number of carbonyl (C=O) groups is 1. The molecule has 0 spiro atoms. The lowest BCUT2D eigenvalue weighted by molar-refractivity contribution is 0.0683. The molecule has 1 amide bonds. The summed E-state index contributed by atoms with van der Waals surface area (Å²) in [7, 11) is 0. The van der Waals surface area contributed by atoms with Crippen molar-refractivity contribution in [3.8, 4) is 5.75 Å². The third-order valence-corrected chi connectivity index (χ3v) is 3.80. The Bertz CT molecular complexity index is 427. The highest BCUT2D eigenvalue weighted by molar-refractivity contribution is 9.09. The molecule has 0 unspecified atom stereocenters. The average Bonchev–Trinajstić information content (AvgIpc) is 2.47. The van der Waals surface area contributed by atoms with Crippen molar-refractivity contribution < 1.29 is 9.53 Å². The van der Waals surface area contributed by atoms with Gasteiger partial charge in [0.25, 0.3) is 5.91 Å². The minimum absolute atomic E-state index is 0.0965. The van der Waals surface area contributed by atoms with Crippen molar-refractivity contribution >= 4 is 21.8 Å². The predicted octanol–water partition coefficient (Wildman–Crippen LogP) is 4.50. The number of hydrogen-bond donors (Lipinski definition) is 0. The molecule has 118 valence electrons. The van der Waals surface area contributed by atoms with E-state index in [-0.39, 0.29) is 12.0 Å². The van der Waals surface area contributed by atoms with Crippen LogP contribution in [0.3, 0.4) is 0 Å². The maximum Gasteiger partial charge on any atom is 0.254 e. The quantitative estimate of drug-likeness (QED) is 0.642. The fraction of sp³-hybridized carbons (Fsp3) is 0.588. The molecule has 1 aromatic carbocycles. The first-order valence-corrected chi connectivity index (χ1v) is 8.79. The van der Waals surface area contributed by atoms with Gasteiger partial charge in [0, 0.05) is 23.5 Å². The lowest BCUT2D eigenvalue weighted by Crippen LogP contribution is -2.41. The van der Waals surface area contributed by atoms with Crippen molar-refractivity contribution in [1.29, 1.82) is 0 Å². The number of nitrogens with zero attached hydrogens (tertiary/aromatic N) is 1. The Balaban J connectivity index is 2.88. The Morgan fingerprint density at radius 3 is 2.19 bits per heavy atom. The van der Waals surface area contributed by atoms with Gasteiger partial charge in [0.15, 0.2) is 0 Å². The summed E-state index contributed by atoms with van der Waals surface area (Å²) in [4.78, 5) is 14.7. The van der Waals surface area contributed by atoms with E-state index in [2.05, 4.69) is 29.8 Å². The van der Waals surface area contributed by atoms with Gasteiger partial charge in [-0.2, -0.15) is 0 Å². The number of benzene rings is 1. The number of hydrogen-bond acceptors (Lipinski definition) is 2. The van der Waals surface area contributed by atoms with Crippen LogP contribution in [-0.2, 0) is 0 Å². The summed E-state index contributed by atoms with van der Waals surface area (Å²) in [6.45, 7) is 8.97. The van der Waals surface area contributed by atoms with Crippen LogP contribution in [0.25, 0.3) is 0 Å². The minimum Gasteiger partial charge on any atom is -0.491 e. The number of halogens is 1. The maximum absolute atomic E-state index is 12.7.